The van der Waals surface area contributed by atoms with Crippen molar-refractivity contribution >= 4 is 11.6 Å². The topological polar surface area (TPSA) is 61.6 Å². The average molecular weight is 317 g/mol. The van der Waals surface area contributed by atoms with Crippen molar-refractivity contribution in [1.29, 1.82) is 5.26 Å². The monoisotopic (exact) mass is 316 g/mol. The molecule has 2 heterocycles. The summed E-state index contributed by atoms with van der Waals surface area (Å²) in [6, 6.07) is 10.2. The van der Waals surface area contributed by atoms with E-state index in [4.69, 9.17) is 11.6 Å². The number of benzene rings is 1. The molecule has 0 aliphatic carbocycles. The van der Waals surface area contributed by atoms with Crippen LogP contribution in [0, 0.1) is 23.1 Å². The van der Waals surface area contributed by atoms with E-state index in [9.17, 15) is 9.65 Å². The van der Waals surface area contributed by atoms with Gasteiger partial charge >= 0.3 is 0 Å². The molecule has 2 unspecified atom stereocenters. The van der Waals surface area contributed by atoms with E-state index in [1.54, 1.807) is 12.1 Å². The van der Waals surface area contributed by atoms with Crippen molar-refractivity contribution in [3.8, 4) is 17.3 Å². The normalized spacial score (nSPS) is 21.3. The van der Waals surface area contributed by atoms with Crippen molar-refractivity contribution in [1.82, 2.24) is 15.3 Å². The Bertz CT molecular complexity index is 711. The van der Waals surface area contributed by atoms with Crippen molar-refractivity contribution in [2.75, 3.05) is 13.1 Å². The van der Waals surface area contributed by atoms with Gasteiger partial charge in [0, 0.05) is 18.0 Å². The molecule has 1 aliphatic rings. The van der Waals surface area contributed by atoms with Gasteiger partial charge in [-0.3, -0.25) is 0 Å². The van der Waals surface area contributed by atoms with Gasteiger partial charge < -0.3 is 5.32 Å². The van der Waals surface area contributed by atoms with Crippen LogP contribution in [-0.2, 0) is 0 Å². The first kappa shape index (κ1) is 14.9. The lowest BCUT2D eigenvalue weighted by Gasteiger charge is -2.27. The molecule has 0 spiro atoms. The van der Waals surface area contributed by atoms with E-state index in [1.165, 1.54) is 12.1 Å². The summed E-state index contributed by atoms with van der Waals surface area (Å²) in [4.78, 5) is 8.50. The minimum absolute atomic E-state index is 0.0153. The maximum absolute atomic E-state index is 13.0. The van der Waals surface area contributed by atoms with Gasteiger partial charge in [-0.05, 0) is 54.9 Å². The summed E-state index contributed by atoms with van der Waals surface area (Å²) < 4.78 is 13.0. The number of nitriles is 1. The van der Waals surface area contributed by atoms with Crippen LogP contribution in [0.3, 0.4) is 0 Å². The van der Waals surface area contributed by atoms with Crippen LogP contribution in [0.2, 0.25) is 5.28 Å². The minimum Gasteiger partial charge on any atom is -0.316 e. The predicted molar refractivity (Wildman–Crippen MR) is 81.8 cm³/mol. The number of hydrogen-bond acceptors (Lipinski definition) is 4. The summed E-state index contributed by atoms with van der Waals surface area (Å²) in [5, 5.41) is 12.7. The van der Waals surface area contributed by atoms with Crippen LogP contribution in [-0.4, -0.2) is 23.1 Å². The van der Waals surface area contributed by atoms with E-state index < -0.39 is 0 Å². The molecule has 1 aromatic carbocycles. The van der Waals surface area contributed by atoms with Gasteiger partial charge in [-0.15, -0.1) is 0 Å². The van der Waals surface area contributed by atoms with Crippen molar-refractivity contribution in [2.45, 2.75) is 12.3 Å². The SMILES string of the molecule is N#CC1CCNCC1c1cc(-c2ccc(F)cc2)nc(Cl)n1. The number of halogens is 2. The second-order valence-corrected chi connectivity index (χ2v) is 5.63. The maximum Gasteiger partial charge on any atom is 0.223 e. The van der Waals surface area contributed by atoms with Crippen molar-refractivity contribution in [3.05, 3.63) is 47.1 Å². The molecule has 112 valence electrons. The van der Waals surface area contributed by atoms with E-state index >= 15 is 0 Å². The standard InChI is InChI=1S/C16H14ClFN4/c17-16-21-14(10-1-3-12(18)4-2-10)7-15(22-16)13-9-20-6-5-11(13)8-19/h1-4,7,11,13,20H,5-6,9H2. The summed E-state index contributed by atoms with van der Waals surface area (Å²) >= 11 is 6.04. The van der Waals surface area contributed by atoms with Crippen LogP contribution < -0.4 is 5.32 Å². The average Bonchev–Trinajstić information content (AvgIpc) is 2.55. The highest BCUT2D eigenvalue weighted by molar-refractivity contribution is 6.28. The van der Waals surface area contributed by atoms with Gasteiger partial charge in [-0.2, -0.15) is 5.26 Å². The predicted octanol–water partition coefficient (Wildman–Crippen LogP) is 3.15. The molecule has 22 heavy (non-hydrogen) atoms. The maximum atomic E-state index is 13.0. The molecular weight excluding hydrogens is 303 g/mol. The van der Waals surface area contributed by atoms with Gasteiger partial charge in [-0.1, -0.05) is 0 Å². The fraction of sp³-hybridized carbons (Fsp3) is 0.312. The summed E-state index contributed by atoms with van der Waals surface area (Å²) in [5.41, 5.74) is 2.15. The third-order valence-corrected chi connectivity index (χ3v) is 4.06. The van der Waals surface area contributed by atoms with Gasteiger partial charge in [-0.25, -0.2) is 14.4 Å². The molecule has 1 saturated heterocycles. The Balaban J connectivity index is 1.99. The Morgan fingerprint density at radius 3 is 2.77 bits per heavy atom. The highest BCUT2D eigenvalue weighted by Gasteiger charge is 2.28. The zero-order valence-electron chi connectivity index (χ0n) is 11.8. The fourth-order valence-electron chi connectivity index (χ4n) is 2.72. The third kappa shape index (κ3) is 3.08. The Labute approximate surface area is 133 Å². The molecule has 1 aliphatic heterocycles. The molecule has 6 heteroatoms. The van der Waals surface area contributed by atoms with Crippen LogP contribution in [0.5, 0.6) is 0 Å². The minimum atomic E-state index is -0.301. The van der Waals surface area contributed by atoms with Gasteiger partial charge in [0.2, 0.25) is 5.28 Å². The lowest BCUT2D eigenvalue weighted by Crippen LogP contribution is -2.35. The van der Waals surface area contributed by atoms with Gasteiger partial charge in [0.05, 0.1) is 23.4 Å². The highest BCUT2D eigenvalue weighted by atomic mass is 35.5. The summed E-state index contributed by atoms with van der Waals surface area (Å²) in [5.74, 6) is -0.406. The highest BCUT2D eigenvalue weighted by Crippen LogP contribution is 2.30. The Morgan fingerprint density at radius 2 is 2.05 bits per heavy atom. The molecule has 4 nitrogen and oxygen atoms in total. The molecule has 1 N–H and O–H groups in total. The number of rotatable bonds is 2. The molecule has 2 aromatic rings. The molecule has 3 rings (SSSR count). The molecule has 0 radical (unpaired) electrons. The number of hydrogen-bond donors (Lipinski definition) is 1. The first-order valence-corrected chi connectivity index (χ1v) is 7.46. The van der Waals surface area contributed by atoms with Crippen LogP contribution in [0.15, 0.2) is 30.3 Å². The summed E-state index contributed by atoms with van der Waals surface area (Å²) in [6.07, 6.45) is 0.786. The van der Waals surface area contributed by atoms with Crippen LogP contribution >= 0.6 is 11.6 Å². The Kier molecular flexibility index (Phi) is 4.32. The van der Waals surface area contributed by atoms with Gasteiger partial charge in [0.15, 0.2) is 0 Å². The van der Waals surface area contributed by atoms with Crippen LogP contribution in [0.1, 0.15) is 18.0 Å². The summed E-state index contributed by atoms with van der Waals surface area (Å²) in [6.45, 7) is 1.52. The van der Waals surface area contributed by atoms with E-state index in [0.717, 1.165) is 24.2 Å². The van der Waals surface area contributed by atoms with Gasteiger partial charge in [0.1, 0.15) is 5.82 Å². The van der Waals surface area contributed by atoms with E-state index in [2.05, 4.69) is 21.4 Å². The number of aromatic nitrogens is 2. The van der Waals surface area contributed by atoms with Crippen molar-refractivity contribution in [2.24, 2.45) is 5.92 Å². The lowest BCUT2D eigenvalue weighted by molar-refractivity contribution is 0.381. The number of nitrogens with one attached hydrogen (secondary N) is 1. The Hall–Kier alpha value is -2.03. The molecular formula is C16H14ClFN4. The molecule has 1 aromatic heterocycles. The second-order valence-electron chi connectivity index (χ2n) is 5.29. The van der Waals surface area contributed by atoms with E-state index in [1.807, 2.05) is 6.07 Å². The zero-order valence-corrected chi connectivity index (χ0v) is 12.5. The molecule has 0 bridgehead atoms. The van der Waals surface area contributed by atoms with Crippen LogP contribution in [0.25, 0.3) is 11.3 Å². The number of nitrogens with zero attached hydrogens (tertiary/aromatic N) is 3. The van der Waals surface area contributed by atoms with Crippen LogP contribution in [0.4, 0.5) is 4.39 Å². The van der Waals surface area contributed by atoms with E-state index in [-0.39, 0.29) is 22.9 Å². The molecule has 2 atom stereocenters. The van der Waals surface area contributed by atoms with Gasteiger partial charge in [0.25, 0.3) is 0 Å². The Morgan fingerprint density at radius 1 is 1.27 bits per heavy atom. The van der Waals surface area contributed by atoms with E-state index in [0.29, 0.717) is 12.2 Å². The smallest absolute Gasteiger partial charge is 0.223 e. The molecule has 1 fully saturated rings. The fourth-order valence-corrected chi connectivity index (χ4v) is 2.91. The first-order valence-electron chi connectivity index (χ1n) is 7.08. The van der Waals surface area contributed by atoms with Crippen molar-refractivity contribution in [3.63, 3.8) is 0 Å². The van der Waals surface area contributed by atoms with Crippen molar-refractivity contribution < 1.29 is 4.39 Å². The molecule has 0 saturated carbocycles. The molecule has 0 amide bonds. The second kappa shape index (κ2) is 6.39. The number of piperidine rings is 1. The largest absolute Gasteiger partial charge is 0.316 e. The lowest BCUT2D eigenvalue weighted by atomic mass is 9.85. The zero-order chi connectivity index (χ0) is 15.5. The summed E-state index contributed by atoms with van der Waals surface area (Å²) in [7, 11) is 0. The third-order valence-electron chi connectivity index (χ3n) is 3.89. The quantitative estimate of drug-likeness (QED) is 0.865. The first-order chi connectivity index (χ1) is 10.7.